The summed E-state index contributed by atoms with van der Waals surface area (Å²) in [6, 6.07) is 10.5. The number of aromatic nitrogens is 2. The maximum atomic E-state index is 12.6. The van der Waals surface area contributed by atoms with Crippen LogP contribution in [0.3, 0.4) is 0 Å². The van der Waals surface area contributed by atoms with Gasteiger partial charge in [-0.2, -0.15) is 5.10 Å². The van der Waals surface area contributed by atoms with Crippen LogP contribution in [-0.2, 0) is 21.2 Å². The van der Waals surface area contributed by atoms with E-state index in [2.05, 4.69) is 27.2 Å². The highest BCUT2D eigenvalue weighted by Gasteiger charge is 2.16. The van der Waals surface area contributed by atoms with E-state index in [1.54, 1.807) is 30.3 Å². The average molecular weight is 473 g/mol. The van der Waals surface area contributed by atoms with E-state index >= 15 is 0 Å². The SMILES string of the molecule is CCCCCCS(=O)(=O)Nc1ccc2[nH]nc(NC(=O)Cc3ccc4c(c3)OCCO4)c2c1. The Balaban J connectivity index is 1.42. The molecule has 0 saturated carbocycles. The number of fused-ring (bicyclic) bond motifs is 2. The molecule has 3 aromatic rings. The van der Waals surface area contributed by atoms with E-state index in [1.807, 2.05) is 6.07 Å². The Kier molecular flexibility index (Phi) is 7.02. The summed E-state index contributed by atoms with van der Waals surface area (Å²) in [5.41, 5.74) is 1.91. The lowest BCUT2D eigenvalue weighted by molar-refractivity contribution is -0.115. The van der Waals surface area contributed by atoms with Crippen LogP contribution in [0.4, 0.5) is 11.5 Å². The van der Waals surface area contributed by atoms with Gasteiger partial charge in [-0.25, -0.2) is 8.42 Å². The van der Waals surface area contributed by atoms with Crippen LogP contribution in [0.25, 0.3) is 10.9 Å². The van der Waals surface area contributed by atoms with Gasteiger partial charge in [0.15, 0.2) is 17.3 Å². The lowest BCUT2D eigenvalue weighted by atomic mass is 10.1. The number of nitrogens with one attached hydrogen (secondary N) is 3. The van der Waals surface area contributed by atoms with E-state index in [0.29, 0.717) is 53.5 Å². The van der Waals surface area contributed by atoms with Crippen LogP contribution in [0.15, 0.2) is 36.4 Å². The predicted octanol–water partition coefficient (Wildman–Crippen LogP) is 3.84. The Morgan fingerprint density at radius 2 is 1.88 bits per heavy atom. The molecule has 4 rings (SSSR count). The van der Waals surface area contributed by atoms with E-state index in [1.165, 1.54) is 0 Å². The molecule has 0 atom stereocenters. The molecule has 0 saturated heterocycles. The van der Waals surface area contributed by atoms with Crippen LogP contribution in [0.5, 0.6) is 11.5 Å². The van der Waals surface area contributed by atoms with Gasteiger partial charge in [0.2, 0.25) is 15.9 Å². The van der Waals surface area contributed by atoms with Crippen molar-refractivity contribution in [2.45, 2.75) is 39.0 Å². The van der Waals surface area contributed by atoms with Crippen molar-refractivity contribution in [3.8, 4) is 11.5 Å². The fourth-order valence-electron chi connectivity index (χ4n) is 3.68. The number of ether oxygens (including phenoxy) is 2. The standard InChI is InChI=1S/C23H28N4O5S/c1-2-3-4-5-12-33(29,30)27-17-7-8-19-18(15-17)23(26-25-19)24-22(28)14-16-6-9-20-21(13-16)32-11-10-31-20/h6-9,13,15,27H,2-5,10-12,14H2,1H3,(H2,24,25,26,28). The summed E-state index contributed by atoms with van der Waals surface area (Å²) in [5.74, 6) is 1.47. The molecule has 0 spiro atoms. The van der Waals surface area contributed by atoms with E-state index < -0.39 is 10.0 Å². The lowest BCUT2D eigenvalue weighted by Crippen LogP contribution is -2.17. The Hall–Kier alpha value is -3.27. The second kappa shape index (κ2) is 10.1. The Morgan fingerprint density at radius 3 is 2.70 bits per heavy atom. The molecular formula is C23H28N4O5S. The minimum Gasteiger partial charge on any atom is -0.486 e. The van der Waals surface area contributed by atoms with E-state index in [-0.39, 0.29) is 18.1 Å². The first-order valence-corrected chi connectivity index (χ1v) is 12.8. The number of benzene rings is 2. The predicted molar refractivity (Wildman–Crippen MR) is 127 cm³/mol. The van der Waals surface area contributed by atoms with Gasteiger partial charge < -0.3 is 14.8 Å². The Labute approximate surface area is 192 Å². The van der Waals surface area contributed by atoms with Crippen LogP contribution < -0.4 is 19.5 Å². The summed E-state index contributed by atoms with van der Waals surface area (Å²) < 4.78 is 38.5. The van der Waals surface area contributed by atoms with Crippen LogP contribution in [0.1, 0.15) is 38.2 Å². The number of hydrogen-bond acceptors (Lipinski definition) is 6. The van der Waals surface area contributed by atoms with Crippen LogP contribution in [0.2, 0.25) is 0 Å². The first kappa shape index (κ1) is 22.9. The molecule has 1 amide bonds. The van der Waals surface area contributed by atoms with Crippen molar-refractivity contribution in [1.29, 1.82) is 0 Å². The third kappa shape index (κ3) is 5.95. The molecule has 9 nitrogen and oxygen atoms in total. The molecule has 33 heavy (non-hydrogen) atoms. The van der Waals surface area contributed by atoms with Gasteiger partial charge in [0, 0.05) is 11.1 Å². The van der Waals surface area contributed by atoms with Crippen molar-refractivity contribution >= 4 is 38.3 Å². The second-order valence-corrected chi connectivity index (χ2v) is 9.86. The number of nitrogens with zero attached hydrogens (tertiary/aromatic N) is 1. The number of unbranched alkanes of at least 4 members (excludes halogenated alkanes) is 3. The number of amides is 1. The van der Waals surface area contributed by atoms with Crippen molar-refractivity contribution in [2.24, 2.45) is 0 Å². The third-order valence-corrected chi connectivity index (χ3v) is 6.70. The van der Waals surface area contributed by atoms with Crippen molar-refractivity contribution in [1.82, 2.24) is 10.2 Å². The summed E-state index contributed by atoms with van der Waals surface area (Å²) in [7, 11) is -3.44. The smallest absolute Gasteiger partial charge is 0.232 e. The molecule has 10 heteroatoms. The summed E-state index contributed by atoms with van der Waals surface area (Å²) in [6.45, 7) is 3.07. The highest BCUT2D eigenvalue weighted by atomic mass is 32.2. The highest BCUT2D eigenvalue weighted by Crippen LogP contribution is 2.31. The van der Waals surface area contributed by atoms with E-state index in [9.17, 15) is 13.2 Å². The number of anilines is 2. The van der Waals surface area contributed by atoms with Crippen molar-refractivity contribution in [3.05, 3.63) is 42.0 Å². The first-order valence-electron chi connectivity index (χ1n) is 11.1. The quantitative estimate of drug-likeness (QED) is 0.385. The summed E-state index contributed by atoms with van der Waals surface area (Å²) in [5, 5.41) is 10.5. The number of H-pyrrole nitrogens is 1. The molecule has 1 aliphatic heterocycles. The van der Waals surface area contributed by atoms with Crippen molar-refractivity contribution < 1.29 is 22.7 Å². The monoisotopic (exact) mass is 472 g/mol. The number of carbonyl (C=O) groups is 1. The van der Waals surface area contributed by atoms with Gasteiger partial charge in [0.1, 0.15) is 13.2 Å². The van der Waals surface area contributed by atoms with Gasteiger partial charge in [0.25, 0.3) is 0 Å². The van der Waals surface area contributed by atoms with Crippen molar-refractivity contribution in [2.75, 3.05) is 29.0 Å². The molecule has 0 unspecified atom stereocenters. The number of hydrogen-bond donors (Lipinski definition) is 3. The zero-order valence-electron chi connectivity index (χ0n) is 18.5. The van der Waals surface area contributed by atoms with Crippen LogP contribution >= 0.6 is 0 Å². The fraction of sp³-hybridized carbons (Fsp3) is 0.391. The summed E-state index contributed by atoms with van der Waals surface area (Å²) >= 11 is 0. The number of rotatable bonds is 10. The summed E-state index contributed by atoms with van der Waals surface area (Å²) in [6.07, 6.45) is 3.71. The molecule has 176 valence electrons. The second-order valence-electron chi connectivity index (χ2n) is 8.02. The largest absolute Gasteiger partial charge is 0.486 e. The molecule has 0 fully saturated rings. The topological polar surface area (TPSA) is 122 Å². The van der Waals surface area contributed by atoms with Crippen LogP contribution in [-0.4, -0.2) is 43.5 Å². The highest BCUT2D eigenvalue weighted by molar-refractivity contribution is 7.92. The maximum Gasteiger partial charge on any atom is 0.232 e. The lowest BCUT2D eigenvalue weighted by Gasteiger charge is -2.18. The molecule has 2 heterocycles. The van der Waals surface area contributed by atoms with Gasteiger partial charge in [-0.15, -0.1) is 0 Å². The van der Waals surface area contributed by atoms with Gasteiger partial charge in [-0.1, -0.05) is 32.3 Å². The van der Waals surface area contributed by atoms with E-state index in [4.69, 9.17) is 9.47 Å². The van der Waals surface area contributed by atoms with Crippen molar-refractivity contribution in [3.63, 3.8) is 0 Å². The molecule has 3 N–H and O–H groups in total. The molecule has 2 aromatic carbocycles. The number of aromatic amines is 1. The minimum absolute atomic E-state index is 0.0789. The third-order valence-electron chi connectivity index (χ3n) is 5.33. The molecule has 1 aliphatic rings. The molecule has 1 aromatic heterocycles. The van der Waals surface area contributed by atoms with Gasteiger partial charge in [0.05, 0.1) is 17.7 Å². The average Bonchev–Trinajstić information content (AvgIpc) is 3.18. The van der Waals surface area contributed by atoms with Crippen LogP contribution in [0, 0.1) is 0 Å². The minimum atomic E-state index is -3.44. The zero-order valence-corrected chi connectivity index (χ0v) is 19.3. The Morgan fingerprint density at radius 1 is 1.06 bits per heavy atom. The number of carbonyl (C=O) groups excluding carboxylic acids is 1. The summed E-state index contributed by atoms with van der Waals surface area (Å²) in [4.78, 5) is 12.6. The molecule has 0 aliphatic carbocycles. The zero-order chi connectivity index (χ0) is 23.3. The van der Waals surface area contributed by atoms with Gasteiger partial charge >= 0.3 is 0 Å². The Bertz CT molecular complexity index is 1240. The molecule has 0 bridgehead atoms. The normalized spacial score (nSPS) is 13.1. The molecule has 0 radical (unpaired) electrons. The van der Waals surface area contributed by atoms with Gasteiger partial charge in [-0.05, 0) is 42.3 Å². The van der Waals surface area contributed by atoms with E-state index in [0.717, 1.165) is 24.8 Å². The fourth-order valence-corrected chi connectivity index (χ4v) is 4.85. The molecular weight excluding hydrogens is 444 g/mol. The maximum absolute atomic E-state index is 12.6. The number of sulfonamides is 1. The first-order chi connectivity index (χ1) is 15.9. The van der Waals surface area contributed by atoms with Gasteiger partial charge in [-0.3, -0.25) is 14.6 Å².